The molecule has 0 aromatic heterocycles. The lowest BCUT2D eigenvalue weighted by Gasteiger charge is -2.08. The highest BCUT2D eigenvalue weighted by Crippen LogP contribution is 2.13. The molecule has 0 amide bonds. The van der Waals surface area contributed by atoms with Crippen molar-refractivity contribution >= 4 is 11.4 Å². The molecular weight excluding hydrogens is 204 g/mol. The lowest BCUT2D eigenvalue weighted by molar-refractivity contribution is 0.151. The fourth-order valence-corrected chi connectivity index (χ4v) is 1.73. The largest absolute Gasteiger partial charge is 0.491 e. The summed E-state index contributed by atoms with van der Waals surface area (Å²) in [6, 6.07) is 9.40. The summed E-state index contributed by atoms with van der Waals surface area (Å²) in [6.45, 7) is 0.676. The van der Waals surface area contributed by atoms with Crippen LogP contribution in [0.1, 0.15) is 0 Å². The van der Waals surface area contributed by atoms with E-state index >= 15 is 0 Å². The molecule has 76 valence electrons. The molecule has 1 aromatic rings. The first kappa shape index (κ1) is 9.64. The molecule has 4 nitrogen and oxygen atoms in total. The van der Waals surface area contributed by atoms with E-state index in [1.165, 1.54) is 0 Å². The number of hydrogen-bond donors (Lipinski definition) is 0. The first-order chi connectivity index (χ1) is 6.84. The maximum absolute atomic E-state index is 10.7. The molecule has 0 saturated carbocycles. The Labute approximate surface area is 84.7 Å². The van der Waals surface area contributed by atoms with Crippen LogP contribution in [0, 0.1) is 0 Å². The summed E-state index contributed by atoms with van der Waals surface area (Å²) in [4.78, 5) is 0. The van der Waals surface area contributed by atoms with Crippen LogP contribution in [-0.4, -0.2) is 23.5 Å². The molecule has 0 N–H and O–H groups in total. The second-order valence-electron chi connectivity index (χ2n) is 2.83. The average molecular weight is 214 g/mol. The van der Waals surface area contributed by atoms with Gasteiger partial charge in [-0.1, -0.05) is 18.2 Å². The molecule has 2 atom stereocenters. The number of hydrogen-bond acceptors (Lipinski definition) is 4. The third kappa shape index (κ3) is 2.54. The average Bonchev–Trinajstić information content (AvgIpc) is 2.63. The molecular formula is C9H10O4S. The van der Waals surface area contributed by atoms with Gasteiger partial charge in [0, 0.05) is 0 Å². The lowest BCUT2D eigenvalue weighted by Crippen LogP contribution is -2.19. The number of rotatable bonds is 3. The summed E-state index contributed by atoms with van der Waals surface area (Å²) in [6.07, 6.45) is -0.240. The molecule has 5 heteroatoms. The Morgan fingerprint density at radius 2 is 2.21 bits per heavy atom. The van der Waals surface area contributed by atoms with Gasteiger partial charge in [0.25, 0.3) is 0 Å². The topological polar surface area (TPSA) is 44.8 Å². The normalized spacial score (nSPS) is 26.3. The first-order valence-electron chi connectivity index (χ1n) is 4.24. The van der Waals surface area contributed by atoms with Crippen molar-refractivity contribution in [3.63, 3.8) is 0 Å². The second-order valence-corrected chi connectivity index (χ2v) is 3.67. The highest BCUT2D eigenvalue weighted by atomic mass is 32.2. The van der Waals surface area contributed by atoms with E-state index in [0.29, 0.717) is 13.2 Å². The van der Waals surface area contributed by atoms with Crippen LogP contribution >= 0.6 is 0 Å². The van der Waals surface area contributed by atoms with Gasteiger partial charge in [-0.05, 0) is 12.1 Å². The van der Waals surface area contributed by atoms with Crippen LogP contribution in [-0.2, 0) is 19.7 Å². The minimum Gasteiger partial charge on any atom is -0.491 e. The van der Waals surface area contributed by atoms with Gasteiger partial charge in [0.1, 0.15) is 18.5 Å². The quantitative estimate of drug-likeness (QED) is 0.754. The Kier molecular flexibility index (Phi) is 3.13. The molecule has 0 bridgehead atoms. The Hall–Kier alpha value is -0.910. The maximum atomic E-state index is 10.7. The molecule has 0 aliphatic carbocycles. The van der Waals surface area contributed by atoms with E-state index in [-0.39, 0.29) is 6.10 Å². The molecule has 0 spiro atoms. The zero-order chi connectivity index (χ0) is 9.80. The van der Waals surface area contributed by atoms with Gasteiger partial charge < -0.3 is 4.74 Å². The van der Waals surface area contributed by atoms with Crippen LogP contribution in [0.2, 0.25) is 0 Å². The third-order valence-electron chi connectivity index (χ3n) is 1.74. The number of ether oxygens (including phenoxy) is 1. The van der Waals surface area contributed by atoms with Crippen molar-refractivity contribution in [3.05, 3.63) is 30.3 Å². The molecule has 0 radical (unpaired) electrons. The molecule has 1 fully saturated rings. The van der Waals surface area contributed by atoms with E-state index in [2.05, 4.69) is 0 Å². The Bertz CT molecular complexity index is 314. The number of benzene rings is 1. The summed E-state index contributed by atoms with van der Waals surface area (Å²) in [7, 11) is 0. The SMILES string of the molecule is O=[S@]1OC[C@H](COc2ccccc2)O1. The van der Waals surface area contributed by atoms with E-state index in [0.717, 1.165) is 5.75 Å². The summed E-state index contributed by atoms with van der Waals surface area (Å²) in [5.74, 6) is 0.772. The van der Waals surface area contributed by atoms with E-state index in [1.807, 2.05) is 30.3 Å². The smallest absolute Gasteiger partial charge is 0.305 e. The Balaban J connectivity index is 1.80. The first-order valence-corrected chi connectivity index (χ1v) is 5.24. The molecule has 1 aliphatic rings. The summed E-state index contributed by atoms with van der Waals surface area (Å²) in [5, 5.41) is 0. The summed E-state index contributed by atoms with van der Waals surface area (Å²) in [5.41, 5.74) is 0. The highest BCUT2D eigenvalue weighted by molar-refractivity contribution is 7.75. The zero-order valence-electron chi connectivity index (χ0n) is 7.42. The van der Waals surface area contributed by atoms with Crippen LogP contribution in [0.5, 0.6) is 5.75 Å². The van der Waals surface area contributed by atoms with Gasteiger partial charge in [0.05, 0.1) is 6.61 Å². The molecule has 0 unspecified atom stereocenters. The van der Waals surface area contributed by atoms with Crippen LogP contribution in [0.3, 0.4) is 0 Å². The van der Waals surface area contributed by atoms with Crippen molar-refractivity contribution < 1.29 is 17.3 Å². The van der Waals surface area contributed by atoms with E-state index < -0.39 is 11.4 Å². The zero-order valence-corrected chi connectivity index (χ0v) is 8.24. The van der Waals surface area contributed by atoms with Crippen molar-refractivity contribution in [1.82, 2.24) is 0 Å². The second kappa shape index (κ2) is 4.54. The molecule has 1 heterocycles. The van der Waals surface area contributed by atoms with Crippen molar-refractivity contribution in [2.45, 2.75) is 6.10 Å². The molecule has 1 aliphatic heterocycles. The van der Waals surface area contributed by atoms with Gasteiger partial charge in [-0.25, -0.2) is 0 Å². The standard InChI is InChI=1S/C9H10O4S/c10-14-12-7-9(13-14)6-11-8-4-2-1-3-5-8/h1-5,9H,6-7H2/t9-,14-/m0/s1. The molecule has 1 saturated heterocycles. The lowest BCUT2D eigenvalue weighted by atomic mass is 10.3. The summed E-state index contributed by atoms with van der Waals surface area (Å²) >= 11 is -1.59. The van der Waals surface area contributed by atoms with Gasteiger partial charge in [-0.15, -0.1) is 0 Å². The monoisotopic (exact) mass is 214 g/mol. The van der Waals surface area contributed by atoms with Gasteiger partial charge in [0.15, 0.2) is 0 Å². The summed E-state index contributed by atoms with van der Waals surface area (Å²) < 4.78 is 25.7. The van der Waals surface area contributed by atoms with Gasteiger partial charge >= 0.3 is 11.4 Å². The number of para-hydroxylation sites is 1. The van der Waals surface area contributed by atoms with Crippen LogP contribution < -0.4 is 4.74 Å². The Morgan fingerprint density at radius 3 is 2.86 bits per heavy atom. The van der Waals surface area contributed by atoms with Crippen LogP contribution in [0.15, 0.2) is 30.3 Å². The van der Waals surface area contributed by atoms with E-state index in [4.69, 9.17) is 13.1 Å². The van der Waals surface area contributed by atoms with Crippen molar-refractivity contribution in [2.24, 2.45) is 0 Å². The van der Waals surface area contributed by atoms with Gasteiger partial charge in [-0.3, -0.25) is 8.37 Å². The predicted octanol–water partition coefficient (Wildman–Crippen LogP) is 1.06. The molecule has 2 rings (SSSR count). The van der Waals surface area contributed by atoms with Crippen molar-refractivity contribution in [2.75, 3.05) is 13.2 Å². The van der Waals surface area contributed by atoms with E-state index in [9.17, 15) is 4.21 Å². The predicted molar refractivity (Wildman–Crippen MR) is 50.9 cm³/mol. The highest BCUT2D eigenvalue weighted by Gasteiger charge is 2.23. The van der Waals surface area contributed by atoms with Crippen LogP contribution in [0.4, 0.5) is 0 Å². The fraction of sp³-hybridized carbons (Fsp3) is 0.333. The minimum atomic E-state index is -1.59. The minimum absolute atomic E-state index is 0.240. The van der Waals surface area contributed by atoms with Gasteiger partial charge in [-0.2, -0.15) is 4.21 Å². The third-order valence-corrected chi connectivity index (χ3v) is 2.50. The van der Waals surface area contributed by atoms with Crippen molar-refractivity contribution in [3.8, 4) is 5.75 Å². The van der Waals surface area contributed by atoms with Crippen LogP contribution in [0.25, 0.3) is 0 Å². The van der Waals surface area contributed by atoms with Gasteiger partial charge in [0.2, 0.25) is 0 Å². The maximum Gasteiger partial charge on any atom is 0.305 e. The van der Waals surface area contributed by atoms with Crippen molar-refractivity contribution in [1.29, 1.82) is 0 Å². The molecule has 14 heavy (non-hydrogen) atoms. The Morgan fingerprint density at radius 1 is 1.43 bits per heavy atom. The molecule has 1 aromatic carbocycles. The fourth-order valence-electron chi connectivity index (χ4n) is 1.08. The van der Waals surface area contributed by atoms with E-state index in [1.54, 1.807) is 0 Å².